The third-order valence-corrected chi connectivity index (χ3v) is 5.35. The van der Waals surface area contributed by atoms with Crippen molar-refractivity contribution in [1.82, 2.24) is 0 Å². The van der Waals surface area contributed by atoms with Crippen molar-refractivity contribution >= 4 is 5.97 Å². The van der Waals surface area contributed by atoms with Gasteiger partial charge in [0.25, 0.3) is 0 Å². The molecule has 0 aliphatic heterocycles. The highest BCUT2D eigenvalue weighted by Crippen LogP contribution is 2.15. The summed E-state index contributed by atoms with van der Waals surface area (Å²) in [7, 11) is 1.79. The standard InChI is InChI=1S/C16H24O3.C9H20O/c1-3-5-8-13(4-2)12-19-16(18)15-10-7-6-9-14(15)11-17;1-4-6-7-9(5-2)8-10-3/h6-7,9-10,13,17H,3-5,8,11-12H2,1-2H3;9H,4-8H2,1-3H3. The van der Waals surface area contributed by atoms with Gasteiger partial charge in [0.15, 0.2) is 0 Å². The summed E-state index contributed by atoms with van der Waals surface area (Å²) in [6.07, 6.45) is 9.70. The zero-order valence-corrected chi connectivity index (χ0v) is 19.4. The van der Waals surface area contributed by atoms with Crippen LogP contribution in [0.25, 0.3) is 0 Å². The summed E-state index contributed by atoms with van der Waals surface area (Å²) in [5.74, 6) is 0.898. The molecule has 2 unspecified atom stereocenters. The number of hydrogen-bond donors (Lipinski definition) is 1. The number of hydrogen-bond acceptors (Lipinski definition) is 4. The van der Waals surface area contributed by atoms with E-state index in [0.717, 1.165) is 31.8 Å². The maximum atomic E-state index is 12.0. The number of ether oxygens (including phenoxy) is 2. The lowest BCUT2D eigenvalue weighted by molar-refractivity contribution is 0.0425. The average molecular weight is 409 g/mol. The summed E-state index contributed by atoms with van der Waals surface area (Å²) in [6, 6.07) is 7.02. The number of esters is 1. The van der Waals surface area contributed by atoms with Crippen LogP contribution in [0.1, 0.15) is 95.0 Å². The predicted octanol–water partition coefficient (Wildman–Crippen LogP) is 6.40. The first-order valence-electron chi connectivity index (χ1n) is 11.4. The summed E-state index contributed by atoms with van der Waals surface area (Å²) < 4.78 is 10.5. The summed E-state index contributed by atoms with van der Waals surface area (Å²) in [5.41, 5.74) is 1.09. The molecule has 0 heterocycles. The van der Waals surface area contributed by atoms with Gasteiger partial charge in [0.05, 0.1) is 18.8 Å². The van der Waals surface area contributed by atoms with E-state index in [1.165, 1.54) is 32.1 Å². The van der Waals surface area contributed by atoms with Gasteiger partial charge in [0.2, 0.25) is 0 Å². The SMILES string of the molecule is CCCCC(CC)COC.CCCCC(CC)COC(=O)c1ccccc1CO. The smallest absolute Gasteiger partial charge is 0.338 e. The van der Waals surface area contributed by atoms with Crippen LogP contribution in [-0.2, 0) is 16.1 Å². The number of unbranched alkanes of at least 4 members (excludes halogenated alkanes) is 2. The Morgan fingerprint density at radius 2 is 1.48 bits per heavy atom. The summed E-state index contributed by atoms with van der Waals surface area (Å²) >= 11 is 0. The first-order valence-corrected chi connectivity index (χ1v) is 11.4. The van der Waals surface area contributed by atoms with E-state index in [0.29, 0.717) is 23.7 Å². The van der Waals surface area contributed by atoms with E-state index in [2.05, 4.69) is 27.7 Å². The maximum Gasteiger partial charge on any atom is 0.338 e. The Kier molecular flexibility index (Phi) is 17.7. The average Bonchev–Trinajstić information content (AvgIpc) is 2.76. The fraction of sp³-hybridized carbons (Fsp3) is 0.720. The summed E-state index contributed by atoms with van der Waals surface area (Å²) in [4.78, 5) is 12.0. The molecule has 0 spiro atoms. The maximum absolute atomic E-state index is 12.0. The number of carbonyl (C=O) groups is 1. The van der Waals surface area contributed by atoms with Crippen molar-refractivity contribution in [3.63, 3.8) is 0 Å². The van der Waals surface area contributed by atoms with Crippen LogP contribution in [0.2, 0.25) is 0 Å². The predicted molar refractivity (Wildman–Crippen MR) is 121 cm³/mol. The van der Waals surface area contributed by atoms with Crippen molar-refractivity contribution < 1.29 is 19.4 Å². The zero-order valence-electron chi connectivity index (χ0n) is 19.4. The number of rotatable bonds is 14. The minimum absolute atomic E-state index is 0.141. The van der Waals surface area contributed by atoms with Crippen molar-refractivity contribution in [2.45, 2.75) is 85.7 Å². The van der Waals surface area contributed by atoms with E-state index in [4.69, 9.17) is 9.47 Å². The minimum atomic E-state index is -0.334. The molecule has 0 saturated carbocycles. The number of benzene rings is 1. The third-order valence-electron chi connectivity index (χ3n) is 5.35. The molecule has 1 aromatic rings. The molecular formula is C25H44O4. The van der Waals surface area contributed by atoms with Crippen LogP contribution in [0.3, 0.4) is 0 Å². The van der Waals surface area contributed by atoms with Gasteiger partial charge in [0, 0.05) is 13.7 Å². The molecule has 2 atom stereocenters. The molecule has 1 N–H and O–H groups in total. The lowest BCUT2D eigenvalue weighted by atomic mass is 10.0. The van der Waals surface area contributed by atoms with Gasteiger partial charge in [-0.3, -0.25) is 0 Å². The largest absolute Gasteiger partial charge is 0.462 e. The van der Waals surface area contributed by atoms with E-state index in [9.17, 15) is 9.90 Å². The van der Waals surface area contributed by atoms with E-state index in [-0.39, 0.29) is 12.6 Å². The highest BCUT2D eigenvalue weighted by Gasteiger charge is 2.14. The van der Waals surface area contributed by atoms with Crippen molar-refractivity contribution in [3.8, 4) is 0 Å². The molecule has 0 radical (unpaired) electrons. The molecule has 0 fully saturated rings. The Bertz CT molecular complexity index is 515. The Balaban J connectivity index is 0.000000665. The Labute approximate surface area is 179 Å². The van der Waals surface area contributed by atoms with Crippen LogP contribution < -0.4 is 0 Å². The van der Waals surface area contributed by atoms with Crippen molar-refractivity contribution in [3.05, 3.63) is 35.4 Å². The summed E-state index contributed by atoms with van der Waals surface area (Å²) in [6.45, 7) is 10.0. The van der Waals surface area contributed by atoms with E-state index >= 15 is 0 Å². The van der Waals surface area contributed by atoms with Gasteiger partial charge in [-0.1, -0.05) is 84.4 Å². The first-order chi connectivity index (χ1) is 14.1. The molecule has 0 aliphatic carbocycles. The molecule has 1 rings (SSSR count). The summed E-state index contributed by atoms with van der Waals surface area (Å²) in [5, 5.41) is 9.20. The van der Waals surface area contributed by atoms with Gasteiger partial charge in [-0.05, 0) is 36.3 Å². The quantitative estimate of drug-likeness (QED) is 0.362. The zero-order chi connectivity index (χ0) is 21.9. The van der Waals surface area contributed by atoms with Crippen LogP contribution in [0.15, 0.2) is 24.3 Å². The van der Waals surface area contributed by atoms with Gasteiger partial charge in [-0.25, -0.2) is 4.79 Å². The van der Waals surface area contributed by atoms with Gasteiger partial charge in [-0.2, -0.15) is 0 Å². The van der Waals surface area contributed by atoms with Gasteiger partial charge in [-0.15, -0.1) is 0 Å². The molecule has 0 amide bonds. The van der Waals surface area contributed by atoms with Crippen molar-refractivity contribution in [1.29, 1.82) is 0 Å². The van der Waals surface area contributed by atoms with Crippen molar-refractivity contribution in [2.75, 3.05) is 20.3 Å². The lowest BCUT2D eigenvalue weighted by Gasteiger charge is -2.15. The Hall–Kier alpha value is -1.39. The number of aliphatic hydroxyl groups is 1. The van der Waals surface area contributed by atoms with Crippen LogP contribution in [-0.4, -0.2) is 31.4 Å². The molecule has 0 saturated heterocycles. The van der Waals surface area contributed by atoms with Crippen LogP contribution in [0.4, 0.5) is 0 Å². The number of carbonyl (C=O) groups excluding carboxylic acids is 1. The second-order valence-electron chi connectivity index (χ2n) is 7.70. The van der Waals surface area contributed by atoms with Crippen molar-refractivity contribution in [2.24, 2.45) is 11.8 Å². The van der Waals surface area contributed by atoms with Gasteiger partial charge >= 0.3 is 5.97 Å². The Morgan fingerprint density at radius 3 is 1.97 bits per heavy atom. The highest BCUT2D eigenvalue weighted by atomic mass is 16.5. The normalized spacial score (nSPS) is 12.6. The Morgan fingerprint density at radius 1 is 0.931 bits per heavy atom. The molecule has 29 heavy (non-hydrogen) atoms. The third kappa shape index (κ3) is 12.7. The molecule has 168 valence electrons. The fourth-order valence-electron chi connectivity index (χ4n) is 3.16. The number of aliphatic hydroxyl groups excluding tert-OH is 1. The van der Waals surface area contributed by atoms with Gasteiger partial charge in [0.1, 0.15) is 0 Å². The minimum Gasteiger partial charge on any atom is -0.462 e. The second kappa shape index (κ2) is 18.6. The number of methoxy groups -OCH3 is 1. The van der Waals surface area contributed by atoms with Crippen LogP contribution in [0, 0.1) is 11.8 Å². The monoisotopic (exact) mass is 408 g/mol. The topological polar surface area (TPSA) is 55.8 Å². The molecule has 4 heteroatoms. The van der Waals surface area contributed by atoms with Crippen LogP contribution in [0.5, 0.6) is 0 Å². The fourth-order valence-corrected chi connectivity index (χ4v) is 3.16. The lowest BCUT2D eigenvalue weighted by Crippen LogP contribution is -2.15. The molecule has 4 nitrogen and oxygen atoms in total. The first kappa shape index (κ1) is 27.6. The molecular weight excluding hydrogens is 364 g/mol. The van der Waals surface area contributed by atoms with E-state index in [1.54, 1.807) is 31.4 Å². The second-order valence-corrected chi connectivity index (χ2v) is 7.70. The van der Waals surface area contributed by atoms with E-state index < -0.39 is 0 Å². The van der Waals surface area contributed by atoms with Gasteiger partial charge < -0.3 is 14.6 Å². The highest BCUT2D eigenvalue weighted by molar-refractivity contribution is 5.91. The molecule has 0 aromatic heterocycles. The van der Waals surface area contributed by atoms with Crippen LogP contribution >= 0.6 is 0 Å². The van der Waals surface area contributed by atoms with E-state index in [1.807, 2.05) is 0 Å². The molecule has 0 aliphatic rings. The molecule has 1 aromatic carbocycles. The molecule has 0 bridgehead atoms.